The number of halogens is 1. The Morgan fingerprint density at radius 3 is 2.67 bits per heavy atom. The summed E-state index contributed by atoms with van der Waals surface area (Å²) in [5.41, 5.74) is 0.808. The van der Waals surface area contributed by atoms with Crippen LogP contribution in [0, 0.1) is 5.82 Å². The number of nitrogens with one attached hydrogen (secondary N) is 1. The molecule has 1 heterocycles. The van der Waals surface area contributed by atoms with Crippen LogP contribution in [-0.2, 0) is 13.1 Å². The fourth-order valence-corrected chi connectivity index (χ4v) is 1.43. The molecule has 0 fully saturated rings. The van der Waals surface area contributed by atoms with E-state index in [1.165, 1.54) is 18.2 Å². The van der Waals surface area contributed by atoms with Gasteiger partial charge < -0.3 is 14.9 Å². The zero-order chi connectivity index (χ0) is 13.0. The molecule has 18 heavy (non-hydrogen) atoms. The molecule has 5 nitrogen and oxygen atoms in total. The summed E-state index contributed by atoms with van der Waals surface area (Å²) in [5.74, 6) is -0.960. The van der Waals surface area contributed by atoms with Crippen molar-refractivity contribution in [3.05, 3.63) is 53.2 Å². The lowest BCUT2D eigenvalue weighted by molar-refractivity contribution is 0.0685. The SMILES string of the molecule is O=C(O)c1cc(CNCc2ccc(F)cc2)on1. The summed E-state index contributed by atoms with van der Waals surface area (Å²) in [5, 5.41) is 15.1. The van der Waals surface area contributed by atoms with Gasteiger partial charge in [0.15, 0.2) is 11.5 Å². The van der Waals surface area contributed by atoms with Gasteiger partial charge in [-0.05, 0) is 17.7 Å². The fraction of sp³-hybridized carbons (Fsp3) is 0.167. The number of carbonyl (C=O) groups is 1. The van der Waals surface area contributed by atoms with Crippen LogP contribution in [-0.4, -0.2) is 16.2 Å². The smallest absolute Gasteiger partial charge is 0.358 e. The molecule has 0 atom stereocenters. The van der Waals surface area contributed by atoms with Crippen molar-refractivity contribution in [2.45, 2.75) is 13.1 Å². The van der Waals surface area contributed by atoms with Gasteiger partial charge in [0, 0.05) is 12.6 Å². The lowest BCUT2D eigenvalue weighted by Crippen LogP contribution is -2.12. The quantitative estimate of drug-likeness (QED) is 0.846. The number of aromatic carboxylic acids is 1. The summed E-state index contributed by atoms with van der Waals surface area (Å²) in [4.78, 5) is 10.6. The predicted octanol–water partition coefficient (Wildman–Crippen LogP) is 1.80. The summed E-state index contributed by atoms with van der Waals surface area (Å²) in [6, 6.07) is 7.47. The minimum absolute atomic E-state index is 0.117. The zero-order valence-electron chi connectivity index (χ0n) is 9.39. The van der Waals surface area contributed by atoms with Crippen molar-refractivity contribution < 1.29 is 18.8 Å². The second-order valence-corrected chi connectivity index (χ2v) is 3.71. The molecule has 94 valence electrons. The van der Waals surface area contributed by atoms with Crippen molar-refractivity contribution in [2.75, 3.05) is 0 Å². The maximum absolute atomic E-state index is 12.7. The minimum atomic E-state index is -1.12. The molecule has 0 aliphatic heterocycles. The Balaban J connectivity index is 1.84. The first-order chi connectivity index (χ1) is 8.65. The van der Waals surface area contributed by atoms with Crippen LogP contribution in [0.5, 0.6) is 0 Å². The van der Waals surface area contributed by atoms with E-state index in [9.17, 15) is 9.18 Å². The van der Waals surface area contributed by atoms with Gasteiger partial charge in [-0.2, -0.15) is 0 Å². The molecule has 0 saturated heterocycles. The van der Waals surface area contributed by atoms with Gasteiger partial charge in [-0.1, -0.05) is 17.3 Å². The Bertz CT molecular complexity index is 537. The van der Waals surface area contributed by atoms with E-state index in [1.807, 2.05) is 0 Å². The van der Waals surface area contributed by atoms with Crippen LogP contribution in [0.2, 0.25) is 0 Å². The molecule has 0 spiro atoms. The molecule has 0 unspecified atom stereocenters. The first-order valence-electron chi connectivity index (χ1n) is 5.29. The van der Waals surface area contributed by atoms with Crippen molar-refractivity contribution >= 4 is 5.97 Å². The van der Waals surface area contributed by atoms with Crippen molar-refractivity contribution in [3.8, 4) is 0 Å². The van der Waals surface area contributed by atoms with Gasteiger partial charge in [-0.25, -0.2) is 9.18 Å². The second-order valence-electron chi connectivity index (χ2n) is 3.71. The molecule has 1 aromatic heterocycles. The molecular weight excluding hydrogens is 239 g/mol. The fourth-order valence-electron chi connectivity index (χ4n) is 1.43. The first kappa shape index (κ1) is 12.3. The molecule has 0 aliphatic carbocycles. The number of rotatable bonds is 5. The monoisotopic (exact) mass is 250 g/mol. The average molecular weight is 250 g/mol. The molecule has 2 aromatic rings. The molecule has 0 bridgehead atoms. The Hall–Kier alpha value is -2.21. The highest BCUT2D eigenvalue weighted by Crippen LogP contribution is 2.05. The van der Waals surface area contributed by atoms with Gasteiger partial charge in [0.05, 0.1) is 6.54 Å². The Morgan fingerprint density at radius 2 is 2.06 bits per heavy atom. The largest absolute Gasteiger partial charge is 0.476 e. The Morgan fingerprint density at radius 1 is 1.33 bits per heavy atom. The Labute approximate surface area is 102 Å². The van der Waals surface area contributed by atoms with E-state index >= 15 is 0 Å². The number of hydrogen-bond acceptors (Lipinski definition) is 4. The molecule has 2 N–H and O–H groups in total. The van der Waals surface area contributed by atoms with Crippen molar-refractivity contribution in [3.63, 3.8) is 0 Å². The van der Waals surface area contributed by atoms with Crippen molar-refractivity contribution in [1.29, 1.82) is 0 Å². The van der Waals surface area contributed by atoms with Gasteiger partial charge >= 0.3 is 5.97 Å². The summed E-state index contributed by atoms with van der Waals surface area (Å²) in [7, 11) is 0. The highest BCUT2D eigenvalue weighted by molar-refractivity contribution is 5.85. The topological polar surface area (TPSA) is 75.4 Å². The van der Waals surface area contributed by atoms with Crippen molar-refractivity contribution in [1.82, 2.24) is 10.5 Å². The highest BCUT2D eigenvalue weighted by Gasteiger charge is 2.09. The van der Waals surface area contributed by atoms with E-state index in [-0.39, 0.29) is 11.5 Å². The van der Waals surface area contributed by atoms with Gasteiger partial charge in [-0.15, -0.1) is 0 Å². The van der Waals surface area contributed by atoms with Crippen molar-refractivity contribution in [2.24, 2.45) is 0 Å². The van der Waals surface area contributed by atoms with Crippen LogP contribution < -0.4 is 5.32 Å². The van der Waals surface area contributed by atoms with E-state index in [1.54, 1.807) is 12.1 Å². The number of carboxylic acid groups (broad SMARTS) is 1. The molecule has 0 radical (unpaired) electrons. The van der Waals surface area contributed by atoms with Crippen LogP contribution in [0.1, 0.15) is 21.8 Å². The maximum atomic E-state index is 12.7. The molecular formula is C12H11FN2O3. The number of benzene rings is 1. The number of carboxylic acids is 1. The zero-order valence-corrected chi connectivity index (χ0v) is 9.39. The molecule has 6 heteroatoms. The third-order valence-corrected chi connectivity index (χ3v) is 2.32. The van der Waals surface area contributed by atoms with E-state index < -0.39 is 5.97 Å². The summed E-state index contributed by atoms with van der Waals surface area (Å²) < 4.78 is 17.5. The number of hydrogen-bond donors (Lipinski definition) is 2. The standard InChI is InChI=1S/C12H11FN2O3/c13-9-3-1-8(2-4-9)6-14-7-10-5-11(12(16)17)15-18-10/h1-5,14H,6-7H2,(H,16,17). The molecule has 0 saturated carbocycles. The summed E-state index contributed by atoms with van der Waals surface area (Å²) in [6.45, 7) is 0.890. The van der Waals surface area contributed by atoms with Gasteiger partial charge in [0.1, 0.15) is 5.82 Å². The van der Waals surface area contributed by atoms with E-state index in [0.29, 0.717) is 18.8 Å². The predicted molar refractivity (Wildman–Crippen MR) is 60.4 cm³/mol. The van der Waals surface area contributed by atoms with E-state index in [0.717, 1.165) is 5.56 Å². The van der Waals surface area contributed by atoms with Crippen LogP contribution in [0.15, 0.2) is 34.9 Å². The third kappa shape index (κ3) is 3.14. The Kier molecular flexibility index (Phi) is 3.69. The molecule has 1 aromatic carbocycles. The molecule has 0 amide bonds. The van der Waals surface area contributed by atoms with E-state index in [2.05, 4.69) is 10.5 Å². The normalized spacial score (nSPS) is 10.5. The highest BCUT2D eigenvalue weighted by atomic mass is 19.1. The second kappa shape index (κ2) is 5.42. The van der Waals surface area contributed by atoms with Gasteiger partial charge in [-0.3, -0.25) is 0 Å². The lowest BCUT2D eigenvalue weighted by atomic mass is 10.2. The van der Waals surface area contributed by atoms with Crippen LogP contribution in [0.25, 0.3) is 0 Å². The van der Waals surface area contributed by atoms with Gasteiger partial charge in [0.2, 0.25) is 0 Å². The van der Waals surface area contributed by atoms with Gasteiger partial charge in [0.25, 0.3) is 0 Å². The molecule has 2 rings (SSSR count). The number of aromatic nitrogens is 1. The molecule has 0 aliphatic rings. The third-order valence-electron chi connectivity index (χ3n) is 2.32. The average Bonchev–Trinajstić information content (AvgIpc) is 2.81. The number of nitrogens with zero attached hydrogens (tertiary/aromatic N) is 1. The first-order valence-corrected chi connectivity index (χ1v) is 5.29. The van der Waals surface area contributed by atoms with Crippen LogP contribution in [0.3, 0.4) is 0 Å². The lowest BCUT2D eigenvalue weighted by Gasteiger charge is -2.02. The summed E-state index contributed by atoms with van der Waals surface area (Å²) >= 11 is 0. The van der Waals surface area contributed by atoms with E-state index in [4.69, 9.17) is 9.63 Å². The minimum Gasteiger partial charge on any atom is -0.476 e. The summed E-state index contributed by atoms with van der Waals surface area (Å²) in [6.07, 6.45) is 0. The van der Waals surface area contributed by atoms with Crippen LogP contribution >= 0.6 is 0 Å². The van der Waals surface area contributed by atoms with Crippen LogP contribution in [0.4, 0.5) is 4.39 Å². The maximum Gasteiger partial charge on any atom is 0.358 e.